The molecule has 0 amide bonds. The summed E-state index contributed by atoms with van der Waals surface area (Å²) in [6, 6.07) is 17.1. The molecular weight excluding hydrogens is 286 g/mol. The number of benzene rings is 2. The van der Waals surface area contributed by atoms with Crippen LogP contribution in [0.2, 0.25) is 0 Å². The summed E-state index contributed by atoms with van der Waals surface area (Å²) in [5.74, 6) is 0.919. The summed E-state index contributed by atoms with van der Waals surface area (Å²) in [5, 5.41) is 0. The van der Waals surface area contributed by atoms with Gasteiger partial charge in [-0.1, -0.05) is 36.4 Å². The van der Waals surface area contributed by atoms with Crippen molar-refractivity contribution in [2.75, 3.05) is 20.2 Å². The molecule has 0 bridgehead atoms. The molecule has 1 saturated heterocycles. The molecule has 2 aliphatic heterocycles. The molecule has 1 fully saturated rings. The van der Waals surface area contributed by atoms with Crippen molar-refractivity contribution in [2.24, 2.45) is 0 Å². The lowest BCUT2D eigenvalue weighted by atomic mass is 9.84. The lowest BCUT2D eigenvalue weighted by Crippen LogP contribution is -2.42. The highest BCUT2D eigenvalue weighted by molar-refractivity contribution is 5.36. The highest BCUT2D eigenvalue weighted by Gasteiger charge is 2.42. The van der Waals surface area contributed by atoms with Gasteiger partial charge in [-0.2, -0.15) is 0 Å². The summed E-state index contributed by atoms with van der Waals surface area (Å²) in [7, 11) is 1.71. The SMILES string of the molecule is COc1ccc(CN2CCC3(CC2)OCc2ccccc23)cc1. The number of rotatable bonds is 3. The number of likely N-dealkylation sites (tertiary alicyclic amines) is 1. The summed E-state index contributed by atoms with van der Waals surface area (Å²) in [6.07, 6.45) is 2.17. The molecule has 0 N–H and O–H groups in total. The number of nitrogens with zero attached hydrogens (tertiary/aromatic N) is 1. The van der Waals surface area contributed by atoms with Crippen LogP contribution in [0.25, 0.3) is 0 Å². The first-order valence-corrected chi connectivity index (χ1v) is 8.37. The third-order valence-electron chi connectivity index (χ3n) is 5.24. The Bertz CT molecular complexity index is 672. The summed E-state index contributed by atoms with van der Waals surface area (Å²) >= 11 is 0. The van der Waals surface area contributed by atoms with E-state index in [9.17, 15) is 0 Å². The van der Waals surface area contributed by atoms with E-state index in [2.05, 4.69) is 41.3 Å². The molecule has 2 aromatic rings. The van der Waals surface area contributed by atoms with Crippen LogP contribution in [-0.2, 0) is 23.5 Å². The Morgan fingerprint density at radius 1 is 1.04 bits per heavy atom. The Morgan fingerprint density at radius 2 is 1.78 bits per heavy atom. The molecule has 120 valence electrons. The van der Waals surface area contributed by atoms with Crippen LogP contribution in [-0.4, -0.2) is 25.1 Å². The van der Waals surface area contributed by atoms with Crippen LogP contribution < -0.4 is 4.74 Å². The van der Waals surface area contributed by atoms with Crippen molar-refractivity contribution in [3.05, 3.63) is 65.2 Å². The van der Waals surface area contributed by atoms with Crippen LogP contribution in [0.5, 0.6) is 5.75 Å². The molecule has 0 saturated carbocycles. The van der Waals surface area contributed by atoms with Crippen molar-refractivity contribution in [2.45, 2.75) is 31.6 Å². The number of fused-ring (bicyclic) bond motifs is 2. The van der Waals surface area contributed by atoms with E-state index in [1.54, 1.807) is 7.11 Å². The van der Waals surface area contributed by atoms with Gasteiger partial charge in [0.2, 0.25) is 0 Å². The monoisotopic (exact) mass is 309 g/mol. The quantitative estimate of drug-likeness (QED) is 0.862. The predicted molar refractivity (Wildman–Crippen MR) is 90.4 cm³/mol. The zero-order chi connectivity index (χ0) is 15.7. The fraction of sp³-hybridized carbons (Fsp3) is 0.400. The van der Waals surface area contributed by atoms with Crippen molar-refractivity contribution < 1.29 is 9.47 Å². The molecule has 0 atom stereocenters. The van der Waals surface area contributed by atoms with E-state index in [1.165, 1.54) is 16.7 Å². The van der Waals surface area contributed by atoms with E-state index in [4.69, 9.17) is 9.47 Å². The van der Waals surface area contributed by atoms with E-state index < -0.39 is 0 Å². The molecule has 2 aromatic carbocycles. The van der Waals surface area contributed by atoms with Crippen molar-refractivity contribution in [1.29, 1.82) is 0 Å². The maximum Gasteiger partial charge on any atom is 0.118 e. The number of ether oxygens (including phenoxy) is 2. The molecule has 0 aromatic heterocycles. The molecule has 1 spiro atoms. The largest absolute Gasteiger partial charge is 0.497 e. The van der Waals surface area contributed by atoms with E-state index in [1.807, 2.05) is 12.1 Å². The van der Waals surface area contributed by atoms with Crippen molar-refractivity contribution >= 4 is 0 Å². The average Bonchev–Trinajstić information content (AvgIpc) is 2.97. The Hall–Kier alpha value is -1.84. The van der Waals surface area contributed by atoms with Crippen LogP contribution in [0.4, 0.5) is 0 Å². The molecule has 3 heteroatoms. The maximum atomic E-state index is 6.24. The Kier molecular flexibility index (Phi) is 3.83. The van der Waals surface area contributed by atoms with Gasteiger partial charge < -0.3 is 9.47 Å². The summed E-state index contributed by atoms with van der Waals surface area (Å²) < 4.78 is 11.5. The third-order valence-corrected chi connectivity index (χ3v) is 5.24. The van der Waals surface area contributed by atoms with Gasteiger partial charge >= 0.3 is 0 Å². The zero-order valence-electron chi connectivity index (χ0n) is 13.6. The fourth-order valence-corrected chi connectivity index (χ4v) is 3.86. The molecule has 4 rings (SSSR count). The zero-order valence-corrected chi connectivity index (χ0v) is 13.6. The van der Waals surface area contributed by atoms with E-state index in [0.717, 1.165) is 44.8 Å². The van der Waals surface area contributed by atoms with Crippen LogP contribution in [0.3, 0.4) is 0 Å². The minimum atomic E-state index is -0.0347. The molecule has 0 radical (unpaired) electrons. The topological polar surface area (TPSA) is 21.7 Å². The molecule has 3 nitrogen and oxygen atoms in total. The Labute approximate surface area is 137 Å². The number of piperidine rings is 1. The second-order valence-corrected chi connectivity index (χ2v) is 6.56. The summed E-state index contributed by atoms with van der Waals surface area (Å²) in [6.45, 7) is 3.94. The second kappa shape index (κ2) is 5.99. The fourth-order valence-electron chi connectivity index (χ4n) is 3.86. The molecule has 2 heterocycles. The standard InChI is InChI=1S/C20H23NO2/c1-22-18-8-6-16(7-9-18)14-21-12-10-20(11-13-21)19-5-3-2-4-17(19)15-23-20/h2-9H,10-15H2,1H3. The highest BCUT2D eigenvalue weighted by Crippen LogP contribution is 2.44. The van der Waals surface area contributed by atoms with Gasteiger partial charge in [0.15, 0.2) is 0 Å². The third kappa shape index (κ3) is 2.75. The first-order chi connectivity index (χ1) is 11.3. The van der Waals surface area contributed by atoms with Crippen LogP contribution >= 0.6 is 0 Å². The summed E-state index contributed by atoms with van der Waals surface area (Å²) in [5.41, 5.74) is 4.10. The van der Waals surface area contributed by atoms with E-state index in [-0.39, 0.29) is 5.60 Å². The predicted octanol–water partition coefficient (Wildman–Crippen LogP) is 3.72. The second-order valence-electron chi connectivity index (χ2n) is 6.56. The van der Waals surface area contributed by atoms with Gasteiger partial charge in [0.25, 0.3) is 0 Å². The molecule has 0 unspecified atom stereocenters. The normalized spacial score (nSPS) is 19.7. The number of hydrogen-bond acceptors (Lipinski definition) is 3. The Balaban J connectivity index is 1.41. The van der Waals surface area contributed by atoms with Crippen LogP contribution in [0.1, 0.15) is 29.5 Å². The van der Waals surface area contributed by atoms with Gasteiger partial charge in [-0.05, 0) is 41.7 Å². The van der Waals surface area contributed by atoms with Crippen LogP contribution in [0, 0.1) is 0 Å². The van der Waals surface area contributed by atoms with Gasteiger partial charge in [-0.15, -0.1) is 0 Å². The summed E-state index contributed by atoms with van der Waals surface area (Å²) in [4.78, 5) is 2.53. The average molecular weight is 309 g/mol. The minimum Gasteiger partial charge on any atom is -0.497 e. The molecule has 2 aliphatic rings. The smallest absolute Gasteiger partial charge is 0.118 e. The minimum absolute atomic E-state index is 0.0347. The van der Waals surface area contributed by atoms with Gasteiger partial charge in [-0.3, -0.25) is 4.90 Å². The van der Waals surface area contributed by atoms with Crippen molar-refractivity contribution in [3.8, 4) is 5.75 Å². The van der Waals surface area contributed by atoms with Gasteiger partial charge in [0.05, 0.1) is 19.3 Å². The van der Waals surface area contributed by atoms with E-state index >= 15 is 0 Å². The van der Waals surface area contributed by atoms with Gasteiger partial charge in [0.1, 0.15) is 5.75 Å². The lowest BCUT2D eigenvalue weighted by Gasteiger charge is -2.39. The maximum absolute atomic E-state index is 6.24. The highest BCUT2D eigenvalue weighted by atomic mass is 16.5. The number of methoxy groups -OCH3 is 1. The molecule has 23 heavy (non-hydrogen) atoms. The van der Waals surface area contributed by atoms with Crippen LogP contribution in [0.15, 0.2) is 48.5 Å². The molecule has 0 aliphatic carbocycles. The first-order valence-electron chi connectivity index (χ1n) is 8.37. The van der Waals surface area contributed by atoms with Crippen molar-refractivity contribution in [1.82, 2.24) is 4.90 Å². The number of hydrogen-bond donors (Lipinski definition) is 0. The molecular formula is C20H23NO2. The van der Waals surface area contributed by atoms with Crippen molar-refractivity contribution in [3.63, 3.8) is 0 Å². The lowest BCUT2D eigenvalue weighted by molar-refractivity contribution is -0.0799. The first kappa shape index (κ1) is 14.7. The van der Waals surface area contributed by atoms with E-state index in [0.29, 0.717) is 0 Å². The Morgan fingerprint density at radius 3 is 2.52 bits per heavy atom. The van der Waals surface area contributed by atoms with Gasteiger partial charge in [0, 0.05) is 19.6 Å². The van der Waals surface area contributed by atoms with Gasteiger partial charge in [-0.25, -0.2) is 0 Å².